The molecule has 0 atom stereocenters. The van der Waals surface area contributed by atoms with E-state index in [4.69, 9.17) is 11.6 Å². The van der Waals surface area contributed by atoms with Crippen LogP contribution in [-0.4, -0.2) is 16.1 Å². The molecule has 2 aromatic heterocycles. The SMILES string of the molecule is CC(C)c1cc2cc(Cl)c(-c3ccc(CC(F)(F)F)nc3)cc2[nH]1. The number of benzene rings is 1. The van der Waals surface area contributed by atoms with Crippen LogP contribution >= 0.6 is 11.6 Å². The number of alkyl halides is 3. The zero-order chi connectivity index (χ0) is 17.5. The maximum atomic E-state index is 12.4. The van der Waals surface area contributed by atoms with Crippen molar-refractivity contribution >= 4 is 22.5 Å². The van der Waals surface area contributed by atoms with E-state index >= 15 is 0 Å². The summed E-state index contributed by atoms with van der Waals surface area (Å²) < 4.78 is 37.2. The third-order valence-corrected chi connectivity index (χ3v) is 4.18. The lowest BCUT2D eigenvalue weighted by Crippen LogP contribution is -2.12. The minimum atomic E-state index is -4.26. The lowest BCUT2D eigenvalue weighted by atomic mass is 10.0. The van der Waals surface area contributed by atoms with Crippen molar-refractivity contribution in [2.45, 2.75) is 32.4 Å². The van der Waals surface area contributed by atoms with Gasteiger partial charge in [0.05, 0.1) is 6.42 Å². The Morgan fingerprint density at radius 2 is 1.92 bits per heavy atom. The summed E-state index contributed by atoms with van der Waals surface area (Å²) in [6.07, 6.45) is -3.86. The minimum absolute atomic E-state index is 0.00887. The van der Waals surface area contributed by atoms with Crippen molar-refractivity contribution in [3.05, 3.63) is 52.9 Å². The summed E-state index contributed by atoms with van der Waals surface area (Å²) in [5, 5.41) is 1.55. The molecular formula is C18H16ClF3N2. The molecule has 2 nitrogen and oxygen atoms in total. The van der Waals surface area contributed by atoms with Crippen LogP contribution in [0.25, 0.3) is 22.0 Å². The van der Waals surface area contributed by atoms with E-state index in [2.05, 4.69) is 29.9 Å². The average molecular weight is 353 g/mol. The van der Waals surface area contributed by atoms with Crippen LogP contribution in [0.15, 0.2) is 36.5 Å². The minimum Gasteiger partial charge on any atom is -0.358 e. The Morgan fingerprint density at radius 1 is 1.17 bits per heavy atom. The molecule has 0 unspecified atom stereocenters. The standard InChI is InChI=1S/C18H16ClF3N2/c1-10(2)16-6-12-5-15(19)14(7-17(12)24-16)11-3-4-13(23-9-11)8-18(20,21)22/h3-7,9-10,24H,8H2,1-2H3. The summed E-state index contributed by atoms with van der Waals surface area (Å²) in [4.78, 5) is 7.25. The highest BCUT2D eigenvalue weighted by molar-refractivity contribution is 6.34. The summed E-state index contributed by atoms with van der Waals surface area (Å²) in [7, 11) is 0. The van der Waals surface area contributed by atoms with Gasteiger partial charge in [0.15, 0.2) is 0 Å². The van der Waals surface area contributed by atoms with Crippen LogP contribution in [0.5, 0.6) is 0 Å². The number of aromatic amines is 1. The fourth-order valence-electron chi connectivity index (χ4n) is 2.60. The van der Waals surface area contributed by atoms with Crippen molar-refractivity contribution in [3.63, 3.8) is 0 Å². The number of rotatable bonds is 3. The second kappa shape index (κ2) is 6.13. The smallest absolute Gasteiger partial charge is 0.358 e. The van der Waals surface area contributed by atoms with E-state index in [1.54, 1.807) is 6.07 Å². The number of fused-ring (bicyclic) bond motifs is 1. The summed E-state index contributed by atoms with van der Waals surface area (Å²) in [5.41, 5.74) is 3.47. The molecule has 6 heteroatoms. The fourth-order valence-corrected chi connectivity index (χ4v) is 2.88. The molecular weight excluding hydrogens is 337 g/mol. The third kappa shape index (κ3) is 3.56. The molecule has 0 fully saturated rings. The van der Waals surface area contributed by atoms with E-state index in [0.29, 0.717) is 16.5 Å². The van der Waals surface area contributed by atoms with Gasteiger partial charge in [0.25, 0.3) is 0 Å². The van der Waals surface area contributed by atoms with Crippen molar-refractivity contribution in [1.29, 1.82) is 0 Å². The third-order valence-electron chi connectivity index (χ3n) is 3.87. The molecule has 0 amide bonds. The molecule has 1 N–H and O–H groups in total. The van der Waals surface area contributed by atoms with Gasteiger partial charge in [-0.3, -0.25) is 4.98 Å². The Balaban J connectivity index is 1.97. The fraction of sp³-hybridized carbons (Fsp3) is 0.278. The molecule has 0 aliphatic rings. The molecule has 24 heavy (non-hydrogen) atoms. The van der Waals surface area contributed by atoms with Crippen LogP contribution in [0.1, 0.15) is 31.2 Å². The molecule has 0 radical (unpaired) electrons. The van der Waals surface area contributed by atoms with Crippen molar-refractivity contribution < 1.29 is 13.2 Å². The second-order valence-electron chi connectivity index (χ2n) is 6.13. The zero-order valence-corrected chi connectivity index (χ0v) is 14.0. The lowest BCUT2D eigenvalue weighted by molar-refractivity contribution is -0.127. The Labute approximate surface area is 142 Å². The van der Waals surface area contributed by atoms with E-state index in [0.717, 1.165) is 22.2 Å². The molecule has 2 heterocycles. The molecule has 0 saturated heterocycles. The first-order valence-electron chi connectivity index (χ1n) is 7.57. The number of nitrogens with zero attached hydrogens (tertiary/aromatic N) is 1. The summed E-state index contributed by atoms with van der Waals surface area (Å²) >= 11 is 6.35. The number of aromatic nitrogens is 2. The normalized spacial score (nSPS) is 12.3. The Morgan fingerprint density at radius 3 is 2.50 bits per heavy atom. The van der Waals surface area contributed by atoms with Gasteiger partial charge in [-0.2, -0.15) is 13.2 Å². The van der Waals surface area contributed by atoms with E-state index in [1.807, 2.05) is 12.1 Å². The quantitative estimate of drug-likeness (QED) is 0.605. The highest BCUT2D eigenvalue weighted by atomic mass is 35.5. The molecule has 0 saturated carbocycles. The first kappa shape index (κ1) is 16.8. The van der Waals surface area contributed by atoms with E-state index < -0.39 is 12.6 Å². The van der Waals surface area contributed by atoms with Gasteiger partial charge in [-0.1, -0.05) is 31.5 Å². The highest BCUT2D eigenvalue weighted by Gasteiger charge is 2.28. The average Bonchev–Trinajstić information content (AvgIpc) is 2.89. The topological polar surface area (TPSA) is 28.7 Å². The van der Waals surface area contributed by atoms with Gasteiger partial charge >= 0.3 is 6.18 Å². The molecule has 0 aliphatic carbocycles. The maximum absolute atomic E-state index is 12.4. The largest absolute Gasteiger partial charge is 0.394 e. The summed E-state index contributed by atoms with van der Waals surface area (Å²) in [5.74, 6) is 0.364. The van der Waals surface area contributed by atoms with Crippen LogP contribution in [0.3, 0.4) is 0 Å². The molecule has 3 aromatic rings. The van der Waals surface area contributed by atoms with Gasteiger partial charge in [0.2, 0.25) is 0 Å². The van der Waals surface area contributed by atoms with Gasteiger partial charge in [-0.15, -0.1) is 0 Å². The summed E-state index contributed by atoms with van der Waals surface area (Å²) in [6, 6.07) is 8.83. The molecule has 126 valence electrons. The first-order chi connectivity index (χ1) is 11.2. The van der Waals surface area contributed by atoms with Gasteiger partial charge < -0.3 is 4.98 Å². The second-order valence-corrected chi connectivity index (χ2v) is 6.54. The van der Waals surface area contributed by atoms with E-state index in [-0.39, 0.29) is 5.69 Å². The van der Waals surface area contributed by atoms with Gasteiger partial charge in [-0.25, -0.2) is 0 Å². The molecule has 0 bridgehead atoms. The molecule has 3 rings (SSSR count). The monoisotopic (exact) mass is 352 g/mol. The van der Waals surface area contributed by atoms with E-state index in [1.165, 1.54) is 12.3 Å². The van der Waals surface area contributed by atoms with Crippen molar-refractivity contribution in [3.8, 4) is 11.1 Å². The van der Waals surface area contributed by atoms with Gasteiger partial charge in [0.1, 0.15) is 0 Å². The number of nitrogens with one attached hydrogen (secondary N) is 1. The van der Waals surface area contributed by atoms with Crippen LogP contribution in [0.2, 0.25) is 5.02 Å². The van der Waals surface area contributed by atoms with Crippen LogP contribution in [0, 0.1) is 0 Å². The Kier molecular flexibility index (Phi) is 4.30. The number of pyridine rings is 1. The summed E-state index contributed by atoms with van der Waals surface area (Å²) in [6.45, 7) is 4.19. The highest BCUT2D eigenvalue weighted by Crippen LogP contribution is 2.33. The maximum Gasteiger partial charge on any atom is 0.394 e. The molecule has 0 aliphatic heterocycles. The van der Waals surface area contributed by atoms with Gasteiger partial charge in [0, 0.05) is 44.6 Å². The number of hydrogen-bond donors (Lipinski definition) is 1. The number of hydrogen-bond acceptors (Lipinski definition) is 1. The predicted molar refractivity (Wildman–Crippen MR) is 90.4 cm³/mol. The van der Waals surface area contributed by atoms with Crippen molar-refractivity contribution in [1.82, 2.24) is 9.97 Å². The number of H-pyrrole nitrogens is 1. The Hall–Kier alpha value is -2.01. The zero-order valence-electron chi connectivity index (χ0n) is 13.2. The van der Waals surface area contributed by atoms with Crippen LogP contribution < -0.4 is 0 Å². The van der Waals surface area contributed by atoms with Gasteiger partial charge in [-0.05, 0) is 30.2 Å². The number of halogens is 4. The van der Waals surface area contributed by atoms with Crippen molar-refractivity contribution in [2.75, 3.05) is 0 Å². The Bertz CT molecular complexity index is 864. The molecule has 1 aromatic carbocycles. The predicted octanol–water partition coefficient (Wildman–Crippen LogP) is 6.11. The first-order valence-corrected chi connectivity index (χ1v) is 7.95. The lowest BCUT2D eigenvalue weighted by Gasteiger charge is -2.08. The molecule has 0 spiro atoms. The van der Waals surface area contributed by atoms with E-state index in [9.17, 15) is 13.2 Å². The van der Waals surface area contributed by atoms with Crippen molar-refractivity contribution in [2.24, 2.45) is 0 Å². The van der Waals surface area contributed by atoms with Crippen LogP contribution in [-0.2, 0) is 6.42 Å². The van der Waals surface area contributed by atoms with Crippen LogP contribution in [0.4, 0.5) is 13.2 Å².